The Labute approximate surface area is 76.7 Å². The molecule has 0 aromatic carbocycles. The Bertz CT molecular complexity index is 183. The zero-order valence-corrected chi connectivity index (χ0v) is 7.39. The van der Waals surface area contributed by atoms with Gasteiger partial charge in [-0.05, 0) is 0 Å². The molecule has 1 fully saturated rings. The third-order valence-corrected chi connectivity index (χ3v) is 1.82. The first-order chi connectivity index (χ1) is 5.20. The van der Waals surface area contributed by atoms with E-state index in [1.54, 1.807) is 0 Å². The molecule has 1 aliphatic rings. The molecule has 1 heterocycles. The van der Waals surface area contributed by atoms with E-state index in [2.05, 4.69) is 5.32 Å². The zero-order chi connectivity index (χ0) is 8.27. The highest BCUT2D eigenvalue weighted by Crippen LogP contribution is 2.09. The van der Waals surface area contributed by atoms with Gasteiger partial charge in [-0.1, -0.05) is 0 Å². The van der Waals surface area contributed by atoms with Gasteiger partial charge in [-0.15, -0.1) is 12.4 Å². The first-order valence-corrected chi connectivity index (χ1v) is 3.65. The lowest BCUT2D eigenvalue weighted by atomic mass is 9.95. The fourth-order valence-corrected chi connectivity index (χ4v) is 1.20. The van der Waals surface area contributed by atoms with Crippen LogP contribution in [0.2, 0.25) is 0 Å². The van der Waals surface area contributed by atoms with Gasteiger partial charge in [0.15, 0.2) is 0 Å². The van der Waals surface area contributed by atoms with E-state index in [9.17, 15) is 9.59 Å². The summed E-state index contributed by atoms with van der Waals surface area (Å²) in [5.74, 6) is -1.13. The van der Waals surface area contributed by atoms with Crippen molar-refractivity contribution in [1.82, 2.24) is 5.32 Å². The van der Waals surface area contributed by atoms with Crippen molar-refractivity contribution in [2.75, 3.05) is 13.1 Å². The molecule has 0 bridgehead atoms. The molecule has 1 unspecified atom stereocenters. The van der Waals surface area contributed by atoms with Gasteiger partial charge in [-0.25, -0.2) is 0 Å². The summed E-state index contributed by atoms with van der Waals surface area (Å²) in [4.78, 5) is 21.3. The van der Waals surface area contributed by atoms with E-state index in [1.165, 1.54) is 0 Å². The lowest BCUT2D eigenvalue weighted by Crippen LogP contribution is -2.37. The van der Waals surface area contributed by atoms with Gasteiger partial charge in [0.25, 0.3) is 0 Å². The molecule has 4 nitrogen and oxygen atoms in total. The molecule has 0 spiro atoms. The normalized spacial score (nSPS) is 23.0. The van der Waals surface area contributed by atoms with Crippen molar-refractivity contribution in [3.05, 3.63) is 0 Å². The van der Waals surface area contributed by atoms with Crippen LogP contribution in [0.25, 0.3) is 0 Å². The number of halogens is 1. The minimum atomic E-state index is -0.896. The summed E-state index contributed by atoms with van der Waals surface area (Å²) in [5, 5.41) is 11.4. The van der Waals surface area contributed by atoms with Gasteiger partial charge in [0.2, 0.25) is 0 Å². The number of aliphatic carboxylic acids is 1. The summed E-state index contributed by atoms with van der Waals surface area (Å²) < 4.78 is 0. The van der Waals surface area contributed by atoms with Crippen LogP contribution < -0.4 is 5.32 Å². The van der Waals surface area contributed by atoms with E-state index >= 15 is 0 Å². The minimum absolute atomic E-state index is 0. The van der Waals surface area contributed by atoms with Gasteiger partial charge >= 0.3 is 5.97 Å². The zero-order valence-electron chi connectivity index (χ0n) is 6.58. The molecule has 0 aromatic heterocycles. The topological polar surface area (TPSA) is 66.4 Å². The van der Waals surface area contributed by atoms with Crippen LogP contribution in [0.4, 0.5) is 0 Å². The van der Waals surface area contributed by atoms with Gasteiger partial charge in [-0.2, -0.15) is 0 Å². The van der Waals surface area contributed by atoms with E-state index in [-0.39, 0.29) is 30.5 Å². The van der Waals surface area contributed by atoms with Crippen molar-refractivity contribution >= 4 is 24.2 Å². The van der Waals surface area contributed by atoms with Crippen molar-refractivity contribution in [2.24, 2.45) is 5.92 Å². The number of Topliss-reactive ketones (excluding diaryl/α,β-unsaturated/α-hetero) is 1. The van der Waals surface area contributed by atoms with Gasteiger partial charge in [-0.3, -0.25) is 9.59 Å². The molecule has 2 N–H and O–H groups in total. The Hall–Kier alpha value is -0.610. The number of carbonyl (C=O) groups excluding carboxylic acids is 1. The summed E-state index contributed by atoms with van der Waals surface area (Å²) in [7, 11) is 0. The molecule has 1 rings (SSSR count). The fourth-order valence-electron chi connectivity index (χ4n) is 1.20. The number of carbonyl (C=O) groups is 2. The molecule has 0 saturated carbocycles. The number of carboxylic acids is 1. The molecule has 1 saturated heterocycles. The Kier molecular flexibility index (Phi) is 4.85. The standard InChI is InChI=1S/C7H11NO3.ClH/c9-6-1-2-8-4-5(6)3-7(10)11;/h5,8H,1-4H2,(H,10,11);1H. The number of nitrogens with one attached hydrogen (secondary N) is 1. The van der Waals surface area contributed by atoms with Crippen molar-refractivity contribution in [3.8, 4) is 0 Å². The van der Waals surface area contributed by atoms with Crippen LogP contribution in [-0.4, -0.2) is 29.9 Å². The van der Waals surface area contributed by atoms with E-state index in [1.807, 2.05) is 0 Å². The highest BCUT2D eigenvalue weighted by Gasteiger charge is 2.23. The second-order valence-corrected chi connectivity index (χ2v) is 2.72. The third kappa shape index (κ3) is 3.19. The quantitative estimate of drug-likeness (QED) is 0.651. The Morgan fingerprint density at radius 1 is 1.67 bits per heavy atom. The number of ketones is 1. The highest BCUT2D eigenvalue weighted by atomic mass is 35.5. The molecular formula is C7H12ClNO3. The van der Waals surface area contributed by atoms with Crippen LogP contribution in [0, 0.1) is 5.92 Å². The highest BCUT2D eigenvalue weighted by molar-refractivity contribution is 5.86. The second kappa shape index (κ2) is 5.11. The molecular weight excluding hydrogens is 182 g/mol. The number of piperidine rings is 1. The number of rotatable bonds is 2. The average molecular weight is 194 g/mol. The maximum Gasteiger partial charge on any atom is 0.304 e. The summed E-state index contributed by atoms with van der Waals surface area (Å²) >= 11 is 0. The van der Waals surface area contributed by atoms with Gasteiger partial charge in [0.05, 0.1) is 6.42 Å². The van der Waals surface area contributed by atoms with Crippen molar-refractivity contribution in [1.29, 1.82) is 0 Å². The molecule has 1 aliphatic heterocycles. The van der Waals surface area contributed by atoms with E-state index in [4.69, 9.17) is 5.11 Å². The van der Waals surface area contributed by atoms with Crippen LogP contribution >= 0.6 is 12.4 Å². The van der Waals surface area contributed by atoms with Crippen LogP contribution in [0.1, 0.15) is 12.8 Å². The van der Waals surface area contributed by atoms with E-state index in [0.29, 0.717) is 19.5 Å². The summed E-state index contributed by atoms with van der Waals surface area (Å²) in [5.41, 5.74) is 0. The fraction of sp³-hybridized carbons (Fsp3) is 0.714. The Morgan fingerprint density at radius 2 is 2.33 bits per heavy atom. The van der Waals surface area contributed by atoms with Crippen molar-refractivity contribution in [2.45, 2.75) is 12.8 Å². The van der Waals surface area contributed by atoms with E-state index in [0.717, 1.165) is 0 Å². The number of hydrogen-bond acceptors (Lipinski definition) is 3. The number of hydrogen-bond donors (Lipinski definition) is 2. The van der Waals surface area contributed by atoms with Gasteiger partial charge in [0.1, 0.15) is 5.78 Å². The van der Waals surface area contributed by atoms with Gasteiger partial charge in [0, 0.05) is 25.4 Å². The lowest BCUT2D eigenvalue weighted by molar-refractivity contribution is -0.141. The third-order valence-electron chi connectivity index (χ3n) is 1.82. The molecule has 0 aliphatic carbocycles. The molecule has 0 aromatic rings. The first-order valence-electron chi connectivity index (χ1n) is 3.65. The van der Waals surface area contributed by atoms with Crippen molar-refractivity contribution < 1.29 is 14.7 Å². The second-order valence-electron chi connectivity index (χ2n) is 2.72. The number of carboxylic acid groups (broad SMARTS) is 1. The molecule has 1 atom stereocenters. The van der Waals surface area contributed by atoms with E-state index < -0.39 is 5.97 Å². The molecule has 70 valence electrons. The average Bonchev–Trinajstić information content (AvgIpc) is 1.93. The smallest absolute Gasteiger partial charge is 0.304 e. The SMILES string of the molecule is Cl.O=C(O)CC1CNCCC1=O. The summed E-state index contributed by atoms with van der Waals surface area (Å²) in [6.07, 6.45) is 0.434. The summed E-state index contributed by atoms with van der Waals surface area (Å²) in [6.45, 7) is 1.21. The Balaban J connectivity index is 0.00000121. The molecule has 0 amide bonds. The molecule has 12 heavy (non-hydrogen) atoms. The predicted molar refractivity (Wildman–Crippen MR) is 45.5 cm³/mol. The largest absolute Gasteiger partial charge is 0.481 e. The lowest BCUT2D eigenvalue weighted by Gasteiger charge is -2.19. The van der Waals surface area contributed by atoms with Crippen LogP contribution in [-0.2, 0) is 9.59 Å². The Morgan fingerprint density at radius 3 is 2.83 bits per heavy atom. The summed E-state index contributed by atoms with van der Waals surface area (Å²) in [6, 6.07) is 0. The molecule has 5 heteroatoms. The van der Waals surface area contributed by atoms with Gasteiger partial charge < -0.3 is 10.4 Å². The van der Waals surface area contributed by atoms with Crippen LogP contribution in [0.3, 0.4) is 0 Å². The van der Waals surface area contributed by atoms with Crippen LogP contribution in [0.5, 0.6) is 0 Å². The first kappa shape index (κ1) is 11.4. The molecule has 0 radical (unpaired) electrons. The minimum Gasteiger partial charge on any atom is -0.481 e. The van der Waals surface area contributed by atoms with Crippen LogP contribution in [0.15, 0.2) is 0 Å². The maximum atomic E-state index is 11.0. The predicted octanol–water partition coefficient (Wildman–Crippen LogP) is 0.0615. The van der Waals surface area contributed by atoms with Crippen molar-refractivity contribution in [3.63, 3.8) is 0 Å². The maximum absolute atomic E-state index is 11.0. The monoisotopic (exact) mass is 193 g/mol.